The van der Waals surface area contributed by atoms with Crippen molar-refractivity contribution in [1.82, 2.24) is 15.1 Å². The third-order valence-corrected chi connectivity index (χ3v) is 5.89. The lowest BCUT2D eigenvalue weighted by Crippen LogP contribution is -2.36. The second-order valence-electron chi connectivity index (χ2n) is 8.20. The number of hydrogen-bond acceptors (Lipinski definition) is 5. The van der Waals surface area contributed by atoms with E-state index >= 15 is 0 Å². The van der Waals surface area contributed by atoms with Gasteiger partial charge in [0.1, 0.15) is 13.2 Å². The summed E-state index contributed by atoms with van der Waals surface area (Å²) in [6.07, 6.45) is 0.726. The number of rotatable bonds is 6. The van der Waals surface area contributed by atoms with E-state index in [1.165, 1.54) is 5.56 Å². The minimum Gasteiger partial charge on any atom is -0.486 e. The molecule has 8 nitrogen and oxygen atoms in total. The summed E-state index contributed by atoms with van der Waals surface area (Å²) in [5.74, 6) is 1.54. The maximum atomic E-state index is 13.0. The van der Waals surface area contributed by atoms with E-state index in [0.717, 1.165) is 35.6 Å². The van der Waals surface area contributed by atoms with Crippen LogP contribution in [0.3, 0.4) is 0 Å². The van der Waals surface area contributed by atoms with Gasteiger partial charge in [-0.3, -0.25) is 19.8 Å². The standard InChI is InChI=1S/C26H31N5O3/c1-5-31-19(4)22(18(3)30-31)12-13-27-26(29-25(32)21-9-7-6-8-17(21)2)28-20-10-11-23-24(16-20)34-15-14-33-23/h6-11,16H,5,12-15H2,1-4H3,(H2,27,28,29,32). The quantitative estimate of drug-likeness (QED) is 0.427. The summed E-state index contributed by atoms with van der Waals surface area (Å²) in [6, 6.07) is 13.1. The summed E-state index contributed by atoms with van der Waals surface area (Å²) in [4.78, 5) is 17.7. The monoisotopic (exact) mass is 461 g/mol. The zero-order valence-corrected chi connectivity index (χ0v) is 20.1. The van der Waals surface area contributed by atoms with Gasteiger partial charge in [0, 0.05) is 36.1 Å². The van der Waals surface area contributed by atoms with Crippen molar-refractivity contribution >= 4 is 17.6 Å². The van der Waals surface area contributed by atoms with E-state index in [4.69, 9.17) is 14.5 Å². The molecule has 8 heteroatoms. The lowest BCUT2D eigenvalue weighted by Gasteiger charge is -2.19. The summed E-state index contributed by atoms with van der Waals surface area (Å²) in [5, 5.41) is 10.8. The normalized spacial score (nSPS) is 13.0. The highest BCUT2D eigenvalue weighted by atomic mass is 16.6. The van der Waals surface area contributed by atoms with Crippen molar-refractivity contribution in [2.75, 3.05) is 25.1 Å². The number of guanidine groups is 1. The van der Waals surface area contributed by atoms with Crippen LogP contribution in [0, 0.1) is 20.8 Å². The first-order valence-electron chi connectivity index (χ1n) is 11.6. The molecule has 2 N–H and O–H groups in total. The predicted molar refractivity (Wildman–Crippen MR) is 133 cm³/mol. The molecular weight excluding hydrogens is 430 g/mol. The van der Waals surface area contributed by atoms with Gasteiger partial charge in [0.2, 0.25) is 5.96 Å². The molecule has 0 bridgehead atoms. The number of aromatic nitrogens is 2. The third kappa shape index (κ3) is 5.22. The first kappa shape index (κ1) is 23.4. The second kappa shape index (κ2) is 10.4. The molecule has 0 radical (unpaired) electrons. The van der Waals surface area contributed by atoms with Crippen LogP contribution in [0.2, 0.25) is 0 Å². The number of ether oxygens (including phenoxy) is 2. The zero-order chi connectivity index (χ0) is 24.1. The average Bonchev–Trinajstić information content (AvgIpc) is 3.11. The molecule has 1 aliphatic rings. The lowest BCUT2D eigenvalue weighted by atomic mass is 10.1. The van der Waals surface area contributed by atoms with Gasteiger partial charge in [-0.05, 0) is 63.4 Å². The first-order valence-corrected chi connectivity index (χ1v) is 11.6. The maximum Gasteiger partial charge on any atom is 0.258 e. The number of aryl methyl sites for hydroxylation is 3. The van der Waals surface area contributed by atoms with E-state index in [1.54, 1.807) is 6.07 Å². The molecule has 0 atom stereocenters. The molecule has 1 aliphatic heterocycles. The topological polar surface area (TPSA) is 89.8 Å². The molecule has 1 amide bonds. The van der Waals surface area contributed by atoms with Crippen molar-refractivity contribution in [3.8, 4) is 11.5 Å². The molecule has 2 aromatic carbocycles. The Kier molecular flexibility index (Phi) is 7.15. The van der Waals surface area contributed by atoms with E-state index in [1.807, 2.05) is 54.9 Å². The maximum absolute atomic E-state index is 13.0. The van der Waals surface area contributed by atoms with Crippen LogP contribution < -0.4 is 20.1 Å². The van der Waals surface area contributed by atoms with E-state index in [-0.39, 0.29) is 5.91 Å². The van der Waals surface area contributed by atoms with Gasteiger partial charge in [-0.15, -0.1) is 0 Å². The summed E-state index contributed by atoms with van der Waals surface area (Å²) in [5.41, 5.74) is 5.61. The van der Waals surface area contributed by atoms with E-state index in [2.05, 4.69) is 29.6 Å². The minimum absolute atomic E-state index is 0.215. The van der Waals surface area contributed by atoms with Gasteiger partial charge in [0.15, 0.2) is 11.5 Å². The minimum atomic E-state index is -0.215. The largest absolute Gasteiger partial charge is 0.486 e. The summed E-state index contributed by atoms with van der Waals surface area (Å²) in [7, 11) is 0. The molecule has 0 saturated carbocycles. The van der Waals surface area contributed by atoms with Crippen LogP contribution in [0.5, 0.6) is 11.5 Å². The summed E-state index contributed by atoms with van der Waals surface area (Å²) >= 11 is 0. The van der Waals surface area contributed by atoms with Gasteiger partial charge in [0.25, 0.3) is 5.91 Å². The Morgan fingerprint density at radius 2 is 1.85 bits per heavy atom. The van der Waals surface area contributed by atoms with E-state index in [9.17, 15) is 4.79 Å². The number of nitrogens with zero attached hydrogens (tertiary/aromatic N) is 3. The number of carbonyl (C=O) groups excluding carboxylic acids is 1. The van der Waals surface area contributed by atoms with Crippen molar-refractivity contribution in [3.63, 3.8) is 0 Å². The van der Waals surface area contributed by atoms with Crippen LogP contribution in [0.1, 0.15) is 39.8 Å². The molecule has 3 aromatic rings. The smallest absolute Gasteiger partial charge is 0.258 e. The van der Waals surface area contributed by atoms with Gasteiger partial charge >= 0.3 is 0 Å². The molecule has 0 saturated heterocycles. The fourth-order valence-corrected chi connectivity index (χ4v) is 4.05. The van der Waals surface area contributed by atoms with Crippen molar-refractivity contribution in [3.05, 3.63) is 70.5 Å². The number of aliphatic imine (C=N–C) groups is 1. The number of nitrogens with one attached hydrogen (secondary N) is 2. The number of anilines is 1. The lowest BCUT2D eigenvalue weighted by molar-refractivity contribution is 0.0976. The van der Waals surface area contributed by atoms with Crippen molar-refractivity contribution < 1.29 is 14.3 Å². The fourth-order valence-electron chi connectivity index (χ4n) is 4.05. The Labute approximate surface area is 200 Å². The van der Waals surface area contributed by atoms with E-state index in [0.29, 0.717) is 42.8 Å². The van der Waals surface area contributed by atoms with E-state index < -0.39 is 0 Å². The Balaban J connectivity index is 1.55. The highest BCUT2D eigenvalue weighted by Gasteiger charge is 2.15. The van der Waals surface area contributed by atoms with Crippen molar-refractivity contribution in [1.29, 1.82) is 0 Å². The number of hydrogen-bond donors (Lipinski definition) is 2. The third-order valence-electron chi connectivity index (χ3n) is 5.89. The molecule has 0 aliphatic carbocycles. The Morgan fingerprint density at radius 3 is 2.59 bits per heavy atom. The van der Waals surface area contributed by atoms with Gasteiger partial charge in [0.05, 0.1) is 5.69 Å². The van der Waals surface area contributed by atoms with Crippen LogP contribution >= 0.6 is 0 Å². The number of fused-ring (bicyclic) bond motifs is 1. The zero-order valence-electron chi connectivity index (χ0n) is 20.1. The van der Waals surface area contributed by atoms with Crippen LogP contribution in [0.4, 0.5) is 5.69 Å². The molecule has 0 fully saturated rings. The summed E-state index contributed by atoms with van der Waals surface area (Å²) < 4.78 is 13.3. The fraction of sp³-hybridized carbons (Fsp3) is 0.346. The predicted octanol–water partition coefficient (Wildman–Crippen LogP) is 4.04. The van der Waals surface area contributed by atoms with Gasteiger partial charge < -0.3 is 14.8 Å². The Hall–Kier alpha value is -3.81. The Morgan fingerprint density at radius 1 is 1.09 bits per heavy atom. The van der Waals surface area contributed by atoms with Gasteiger partial charge in [-0.1, -0.05) is 18.2 Å². The molecular formula is C26H31N5O3. The van der Waals surface area contributed by atoms with Gasteiger partial charge in [-0.2, -0.15) is 5.10 Å². The molecule has 4 rings (SSSR count). The SMILES string of the molecule is CCn1nc(C)c(CCN=C(NC(=O)c2ccccc2C)Nc2ccc3c(c2)OCCO3)c1C. The molecule has 34 heavy (non-hydrogen) atoms. The number of benzene rings is 2. The molecule has 1 aromatic heterocycles. The van der Waals surface area contributed by atoms with Crippen molar-refractivity contribution in [2.45, 2.75) is 40.7 Å². The first-order chi connectivity index (χ1) is 16.5. The number of amides is 1. The van der Waals surface area contributed by atoms with Crippen LogP contribution in [0.25, 0.3) is 0 Å². The Bertz CT molecular complexity index is 1220. The average molecular weight is 462 g/mol. The van der Waals surface area contributed by atoms with Gasteiger partial charge in [-0.25, -0.2) is 0 Å². The molecule has 0 spiro atoms. The molecule has 0 unspecified atom stereocenters. The molecule has 178 valence electrons. The molecule has 2 heterocycles. The van der Waals surface area contributed by atoms with Crippen molar-refractivity contribution in [2.24, 2.45) is 4.99 Å². The van der Waals surface area contributed by atoms with Crippen LogP contribution in [-0.4, -0.2) is 41.4 Å². The van der Waals surface area contributed by atoms with Crippen LogP contribution in [0.15, 0.2) is 47.5 Å². The number of carbonyl (C=O) groups is 1. The second-order valence-corrected chi connectivity index (χ2v) is 8.20. The highest BCUT2D eigenvalue weighted by molar-refractivity contribution is 6.10. The summed E-state index contributed by atoms with van der Waals surface area (Å²) in [6.45, 7) is 10.5. The highest BCUT2D eigenvalue weighted by Crippen LogP contribution is 2.32. The van der Waals surface area contributed by atoms with Crippen LogP contribution in [-0.2, 0) is 13.0 Å².